The van der Waals surface area contributed by atoms with Gasteiger partial charge < -0.3 is 9.84 Å². The van der Waals surface area contributed by atoms with Gasteiger partial charge in [0.05, 0.1) is 29.5 Å². The minimum absolute atomic E-state index is 0.0694. The molecule has 0 aliphatic carbocycles. The zero-order valence-electron chi connectivity index (χ0n) is 15.5. The first-order chi connectivity index (χ1) is 13.3. The fraction of sp³-hybridized carbons (Fsp3) is 0.158. The van der Waals surface area contributed by atoms with Gasteiger partial charge in [-0.1, -0.05) is 18.2 Å². The Labute approximate surface area is 159 Å². The third-order valence-corrected chi connectivity index (χ3v) is 4.38. The van der Waals surface area contributed by atoms with Gasteiger partial charge in [0.15, 0.2) is 5.69 Å². The van der Waals surface area contributed by atoms with Crippen molar-refractivity contribution in [3.63, 3.8) is 0 Å². The van der Waals surface area contributed by atoms with E-state index in [0.29, 0.717) is 11.4 Å². The molecule has 3 aromatic rings. The monoisotopic (exact) mass is 382 g/mol. The number of nitrogens with zero attached hydrogens (tertiary/aromatic N) is 4. The Balaban J connectivity index is 2.11. The van der Waals surface area contributed by atoms with E-state index in [1.165, 1.54) is 24.1 Å². The number of aliphatic imine (C=N–C) groups is 1. The summed E-state index contributed by atoms with van der Waals surface area (Å²) >= 11 is 0. The topological polar surface area (TPSA) is 112 Å². The van der Waals surface area contributed by atoms with Crippen LogP contribution in [0, 0.1) is 17.0 Å². The van der Waals surface area contributed by atoms with E-state index in [2.05, 4.69) is 4.99 Å². The molecule has 0 saturated carbocycles. The molecule has 0 aliphatic heterocycles. The lowest BCUT2D eigenvalue weighted by Gasteiger charge is -2.07. The smallest absolute Gasteiger partial charge is 0.315 e. The third-order valence-electron chi connectivity index (χ3n) is 4.38. The first kappa shape index (κ1) is 18.9. The van der Waals surface area contributed by atoms with Crippen molar-refractivity contribution in [3.05, 3.63) is 74.2 Å². The molecule has 0 radical (unpaired) electrons. The molecule has 28 heavy (non-hydrogen) atoms. The Hall–Kier alpha value is -3.88. The molecule has 0 saturated heterocycles. The Morgan fingerprint density at radius 1 is 1.25 bits per heavy atom. The summed E-state index contributed by atoms with van der Waals surface area (Å²) in [6.07, 6.45) is 1.21. The van der Waals surface area contributed by atoms with E-state index in [0.717, 1.165) is 6.07 Å². The molecule has 0 aliphatic rings. The number of nitro groups is 1. The Morgan fingerprint density at radius 3 is 2.54 bits per heavy atom. The van der Waals surface area contributed by atoms with Crippen molar-refractivity contribution in [3.8, 4) is 17.2 Å². The normalized spacial score (nSPS) is 11.1. The molecule has 1 N–H and O–H groups in total. The third kappa shape index (κ3) is 3.25. The largest absolute Gasteiger partial charge is 0.502 e. The number of phenolic OH excluding ortho intramolecular Hbond substituents is 1. The summed E-state index contributed by atoms with van der Waals surface area (Å²) in [5.74, 6) is -0.357. The molecule has 1 heterocycles. The number of ether oxygens (including phenoxy) is 1. The van der Waals surface area contributed by atoms with Crippen molar-refractivity contribution < 1.29 is 14.8 Å². The van der Waals surface area contributed by atoms with Gasteiger partial charge in [0.25, 0.3) is 5.56 Å². The van der Waals surface area contributed by atoms with Crippen LogP contribution in [0.1, 0.15) is 11.3 Å². The van der Waals surface area contributed by atoms with Gasteiger partial charge >= 0.3 is 5.69 Å². The van der Waals surface area contributed by atoms with Gasteiger partial charge in [-0.15, -0.1) is 0 Å². The standard InChI is InChI=1S/C19H18N4O5/c1-12-17(19(25)22(21(12)2)14-7-5-4-6-8-14)20-11-13-9-15(28-3)10-16(18(13)24)23(26)27/h4-11,24H,1-3H3. The number of phenols is 1. The average molecular weight is 382 g/mol. The van der Waals surface area contributed by atoms with Gasteiger partial charge in [-0.3, -0.25) is 19.6 Å². The number of benzene rings is 2. The average Bonchev–Trinajstić information content (AvgIpc) is 2.90. The van der Waals surface area contributed by atoms with E-state index in [-0.39, 0.29) is 22.6 Å². The zero-order valence-corrected chi connectivity index (χ0v) is 15.5. The number of rotatable bonds is 5. The van der Waals surface area contributed by atoms with Crippen LogP contribution in [0.3, 0.4) is 0 Å². The summed E-state index contributed by atoms with van der Waals surface area (Å²) in [7, 11) is 3.09. The maximum Gasteiger partial charge on any atom is 0.315 e. The van der Waals surface area contributed by atoms with Crippen LogP contribution in [0.15, 0.2) is 52.3 Å². The predicted molar refractivity (Wildman–Crippen MR) is 104 cm³/mol. The van der Waals surface area contributed by atoms with Crippen molar-refractivity contribution >= 4 is 17.6 Å². The second kappa shape index (κ2) is 7.39. The molecule has 2 aromatic carbocycles. The van der Waals surface area contributed by atoms with Gasteiger partial charge in [-0.05, 0) is 25.1 Å². The fourth-order valence-electron chi connectivity index (χ4n) is 2.81. The SMILES string of the molecule is COc1cc(C=Nc2c(C)n(C)n(-c3ccccc3)c2=O)c(O)c([N+](=O)[O-])c1. The molecule has 0 atom stereocenters. The minimum Gasteiger partial charge on any atom is -0.502 e. The van der Waals surface area contributed by atoms with E-state index in [1.54, 1.807) is 30.8 Å². The second-order valence-corrected chi connectivity index (χ2v) is 6.01. The molecule has 144 valence electrons. The molecule has 0 spiro atoms. The van der Waals surface area contributed by atoms with E-state index < -0.39 is 16.4 Å². The molecular formula is C19H18N4O5. The van der Waals surface area contributed by atoms with Crippen LogP contribution in [0.5, 0.6) is 11.5 Å². The van der Waals surface area contributed by atoms with E-state index in [4.69, 9.17) is 4.74 Å². The van der Waals surface area contributed by atoms with Crippen LogP contribution < -0.4 is 10.3 Å². The molecule has 9 heteroatoms. The molecule has 0 unspecified atom stereocenters. The van der Waals surface area contributed by atoms with Crippen molar-refractivity contribution in [2.75, 3.05) is 7.11 Å². The quantitative estimate of drug-likeness (QED) is 0.414. The highest BCUT2D eigenvalue weighted by molar-refractivity contribution is 5.88. The Bertz CT molecular complexity index is 1130. The number of nitro benzene ring substituents is 1. The molecular weight excluding hydrogens is 364 g/mol. The van der Waals surface area contributed by atoms with E-state index in [1.807, 2.05) is 18.2 Å². The first-order valence-corrected chi connectivity index (χ1v) is 8.28. The summed E-state index contributed by atoms with van der Waals surface area (Å²) in [4.78, 5) is 27.5. The number of aromatic hydroxyl groups is 1. The van der Waals surface area contributed by atoms with Gasteiger partial charge in [0, 0.05) is 18.8 Å². The Morgan fingerprint density at radius 2 is 1.93 bits per heavy atom. The fourth-order valence-corrected chi connectivity index (χ4v) is 2.81. The maximum atomic E-state index is 12.8. The van der Waals surface area contributed by atoms with Crippen LogP contribution in [0.25, 0.3) is 5.69 Å². The maximum absolute atomic E-state index is 12.8. The zero-order chi connectivity index (χ0) is 20.4. The van der Waals surface area contributed by atoms with Crippen LogP contribution >= 0.6 is 0 Å². The highest BCUT2D eigenvalue weighted by Gasteiger charge is 2.20. The summed E-state index contributed by atoms with van der Waals surface area (Å²) in [5, 5.41) is 21.3. The number of methoxy groups -OCH3 is 1. The lowest BCUT2D eigenvalue weighted by molar-refractivity contribution is -0.385. The summed E-state index contributed by atoms with van der Waals surface area (Å²) in [6, 6.07) is 11.6. The number of aromatic nitrogens is 2. The van der Waals surface area contributed by atoms with E-state index in [9.17, 15) is 20.0 Å². The van der Waals surface area contributed by atoms with Gasteiger partial charge in [0.2, 0.25) is 5.75 Å². The highest BCUT2D eigenvalue weighted by Crippen LogP contribution is 2.33. The second-order valence-electron chi connectivity index (χ2n) is 6.01. The lowest BCUT2D eigenvalue weighted by Crippen LogP contribution is -2.19. The summed E-state index contributed by atoms with van der Waals surface area (Å²) < 4.78 is 8.17. The van der Waals surface area contributed by atoms with Gasteiger partial charge in [-0.2, -0.15) is 0 Å². The van der Waals surface area contributed by atoms with Crippen molar-refractivity contribution in [1.29, 1.82) is 0 Å². The van der Waals surface area contributed by atoms with Crippen LogP contribution in [0.2, 0.25) is 0 Å². The summed E-state index contributed by atoms with van der Waals surface area (Å²) in [5.41, 5.74) is 0.657. The predicted octanol–water partition coefficient (Wildman–Crippen LogP) is 2.86. The molecule has 1 aromatic heterocycles. The van der Waals surface area contributed by atoms with Crippen LogP contribution in [-0.4, -0.2) is 32.7 Å². The van der Waals surface area contributed by atoms with Gasteiger partial charge in [0.1, 0.15) is 5.75 Å². The molecule has 0 fully saturated rings. The molecule has 0 amide bonds. The number of hydrogen-bond acceptors (Lipinski definition) is 6. The highest BCUT2D eigenvalue weighted by atomic mass is 16.6. The number of para-hydroxylation sites is 1. The van der Waals surface area contributed by atoms with Crippen LogP contribution in [-0.2, 0) is 7.05 Å². The van der Waals surface area contributed by atoms with Crippen molar-refractivity contribution in [2.45, 2.75) is 6.92 Å². The Kier molecular flexibility index (Phi) is 4.99. The molecule has 9 nitrogen and oxygen atoms in total. The lowest BCUT2D eigenvalue weighted by atomic mass is 10.1. The summed E-state index contributed by atoms with van der Waals surface area (Å²) in [6.45, 7) is 1.74. The van der Waals surface area contributed by atoms with E-state index >= 15 is 0 Å². The molecule has 0 bridgehead atoms. The van der Waals surface area contributed by atoms with Crippen LogP contribution in [0.4, 0.5) is 11.4 Å². The number of hydrogen-bond donors (Lipinski definition) is 1. The minimum atomic E-state index is -0.717. The van der Waals surface area contributed by atoms with Crippen molar-refractivity contribution in [2.24, 2.45) is 12.0 Å². The first-order valence-electron chi connectivity index (χ1n) is 8.28. The van der Waals surface area contributed by atoms with Crippen molar-refractivity contribution in [1.82, 2.24) is 9.36 Å². The van der Waals surface area contributed by atoms with Gasteiger partial charge in [-0.25, -0.2) is 9.67 Å². The molecule has 3 rings (SSSR count).